The Balaban J connectivity index is 2.57. The van der Waals surface area contributed by atoms with Gasteiger partial charge >= 0.3 is 0 Å². The van der Waals surface area contributed by atoms with Crippen molar-refractivity contribution in [2.45, 2.75) is 24.3 Å². The molecule has 0 unspecified atom stereocenters. The largest absolute Gasteiger partial charge is 0.370 e. The zero-order valence-corrected chi connectivity index (χ0v) is 12.7. The van der Waals surface area contributed by atoms with E-state index in [4.69, 9.17) is 4.74 Å². The number of hydrogen-bond acceptors (Lipinski definition) is 3. The first-order chi connectivity index (χ1) is 9.07. The molecule has 104 valence electrons. The maximum absolute atomic E-state index is 11.6. The minimum absolute atomic E-state index is 0.435. The van der Waals surface area contributed by atoms with Crippen LogP contribution in [-0.4, -0.2) is 44.4 Å². The summed E-state index contributed by atoms with van der Waals surface area (Å²) >= 11 is 1.74. The molecule has 0 saturated carbocycles. The van der Waals surface area contributed by atoms with Gasteiger partial charge in [0, 0.05) is 6.07 Å². The maximum Gasteiger partial charge on any atom is 0.180 e. The normalized spacial score (nSPS) is 19.1. The summed E-state index contributed by atoms with van der Waals surface area (Å²) in [5, 5.41) is 0. The van der Waals surface area contributed by atoms with Crippen LogP contribution in [0.2, 0.25) is 0 Å². The van der Waals surface area contributed by atoms with E-state index in [1.165, 1.54) is 10.6 Å². The van der Waals surface area contributed by atoms with Gasteiger partial charge in [0.2, 0.25) is 0 Å². The Labute approximate surface area is 119 Å². The Hall–Kier alpha value is -0.840. The Morgan fingerprint density at radius 1 is 1.26 bits per heavy atom. The van der Waals surface area contributed by atoms with Crippen LogP contribution in [0.5, 0.6) is 0 Å². The van der Waals surface area contributed by atoms with Crippen molar-refractivity contribution in [1.82, 2.24) is 4.48 Å². The molecule has 1 aliphatic heterocycles. The monoisotopic (exact) mass is 280 g/mol. The minimum atomic E-state index is -0.435. The first-order valence-electron chi connectivity index (χ1n) is 6.62. The second-order valence-corrected chi connectivity index (χ2v) is 6.32. The molecular weight excluding hydrogens is 258 g/mol. The number of nitrogens with zero attached hydrogens (tertiary/aromatic N) is 1. The van der Waals surface area contributed by atoms with Crippen LogP contribution < -0.4 is 4.48 Å². The third-order valence-corrected chi connectivity index (χ3v) is 4.96. The van der Waals surface area contributed by atoms with Gasteiger partial charge in [-0.25, -0.2) is 0 Å². The van der Waals surface area contributed by atoms with E-state index in [-0.39, 0.29) is 0 Å². The number of carbonyl (C=O) groups excluding carboxylic acids is 1. The van der Waals surface area contributed by atoms with E-state index >= 15 is 0 Å². The van der Waals surface area contributed by atoms with Gasteiger partial charge in [0.15, 0.2) is 11.8 Å². The Bertz CT molecular complexity index is 453. The summed E-state index contributed by atoms with van der Waals surface area (Å²) in [6.07, 6.45) is 3.18. The van der Waals surface area contributed by atoms with Gasteiger partial charge in [-0.15, -0.1) is 11.8 Å². The number of para-hydroxylation sites is 1. The molecule has 19 heavy (non-hydrogen) atoms. The van der Waals surface area contributed by atoms with E-state index in [2.05, 4.69) is 30.5 Å². The second kappa shape index (κ2) is 5.65. The summed E-state index contributed by atoms with van der Waals surface area (Å²) in [4.78, 5) is 12.9. The Morgan fingerprint density at radius 3 is 2.47 bits per heavy atom. The van der Waals surface area contributed by atoms with Crippen molar-refractivity contribution < 1.29 is 9.53 Å². The first kappa shape index (κ1) is 14.6. The van der Waals surface area contributed by atoms with Gasteiger partial charge in [-0.05, 0) is 26.2 Å². The average Bonchev–Trinajstić information content (AvgIpc) is 2.47. The number of quaternary nitrogens is 1. The Kier molecular flexibility index (Phi) is 4.33. The smallest absolute Gasteiger partial charge is 0.180 e. The van der Waals surface area contributed by atoms with Crippen LogP contribution in [-0.2, 0) is 9.53 Å². The summed E-state index contributed by atoms with van der Waals surface area (Å²) in [6, 6.07) is 8.41. The molecule has 0 spiro atoms. The molecule has 1 heterocycles. The number of benzene rings is 1. The molecule has 0 aromatic heterocycles. The predicted molar refractivity (Wildman–Crippen MR) is 80.7 cm³/mol. The highest BCUT2D eigenvalue weighted by Crippen LogP contribution is 2.39. The van der Waals surface area contributed by atoms with Crippen molar-refractivity contribution in [2.24, 2.45) is 0 Å². The van der Waals surface area contributed by atoms with Gasteiger partial charge in [-0.3, -0.25) is 9.28 Å². The fourth-order valence-electron chi connectivity index (χ4n) is 2.87. The molecule has 0 atom stereocenters. The van der Waals surface area contributed by atoms with Crippen molar-refractivity contribution in [3.63, 3.8) is 0 Å². The average molecular weight is 280 g/mol. The predicted octanol–water partition coefficient (Wildman–Crippen LogP) is 2.72. The highest BCUT2D eigenvalue weighted by molar-refractivity contribution is 7.98. The summed E-state index contributed by atoms with van der Waals surface area (Å²) < 4.78 is 6.21. The number of carbonyl (C=O) groups is 1. The van der Waals surface area contributed by atoms with Gasteiger partial charge in [-0.2, -0.15) is 0 Å². The van der Waals surface area contributed by atoms with Crippen LogP contribution in [0.25, 0.3) is 0 Å². The van der Waals surface area contributed by atoms with Crippen LogP contribution in [0.3, 0.4) is 0 Å². The zero-order chi connectivity index (χ0) is 13.9. The van der Waals surface area contributed by atoms with E-state index in [1.54, 1.807) is 11.8 Å². The standard InChI is InChI=1S/C15H22NO2S/c1-15(2,12-17)16(8-10-18-11-9-16)13-6-4-5-7-14(13)19-3/h4-7,12H,8-11H2,1-3H3/q+1. The minimum Gasteiger partial charge on any atom is -0.370 e. The lowest BCUT2D eigenvalue weighted by atomic mass is 9.97. The molecule has 1 aromatic rings. The number of hydrogen-bond donors (Lipinski definition) is 0. The Morgan fingerprint density at radius 2 is 1.89 bits per heavy atom. The van der Waals surface area contributed by atoms with Crippen LogP contribution >= 0.6 is 11.8 Å². The van der Waals surface area contributed by atoms with Crippen LogP contribution in [0.4, 0.5) is 5.69 Å². The molecular formula is C15H22NO2S+. The molecule has 4 heteroatoms. The summed E-state index contributed by atoms with van der Waals surface area (Å²) in [5.41, 5.74) is 0.811. The van der Waals surface area contributed by atoms with Crippen LogP contribution in [0, 0.1) is 0 Å². The fraction of sp³-hybridized carbons (Fsp3) is 0.533. The van der Waals surface area contributed by atoms with E-state index < -0.39 is 5.54 Å². The molecule has 0 aliphatic carbocycles. The third kappa shape index (κ3) is 2.45. The second-order valence-electron chi connectivity index (χ2n) is 5.47. The molecule has 0 radical (unpaired) electrons. The number of morpholine rings is 1. The quantitative estimate of drug-likeness (QED) is 0.482. The molecule has 0 bridgehead atoms. The molecule has 1 saturated heterocycles. The maximum atomic E-state index is 11.6. The number of ether oxygens (including phenoxy) is 1. The van der Waals surface area contributed by atoms with Crippen molar-refractivity contribution in [2.75, 3.05) is 32.6 Å². The number of aldehydes is 1. The third-order valence-electron chi connectivity index (χ3n) is 4.17. The number of rotatable bonds is 4. The van der Waals surface area contributed by atoms with Crippen molar-refractivity contribution in [3.8, 4) is 0 Å². The molecule has 1 aromatic carbocycles. The fourth-order valence-corrected chi connectivity index (χ4v) is 3.53. The van der Waals surface area contributed by atoms with Gasteiger partial charge in [0.05, 0.1) is 18.1 Å². The number of thioether (sulfide) groups is 1. The van der Waals surface area contributed by atoms with E-state index in [0.29, 0.717) is 17.7 Å². The molecule has 3 nitrogen and oxygen atoms in total. The van der Waals surface area contributed by atoms with E-state index in [9.17, 15) is 4.79 Å². The summed E-state index contributed by atoms with van der Waals surface area (Å²) in [6.45, 7) is 7.18. The molecule has 1 aliphatic rings. The van der Waals surface area contributed by atoms with Crippen molar-refractivity contribution >= 4 is 23.7 Å². The topological polar surface area (TPSA) is 26.3 Å². The highest BCUT2D eigenvalue weighted by atomic mass is 32.2. The SMILES string of the molecule is CSc1ccccc1[N+]1(C(C)(C)C=O)CCOCC1. The zero-order valence-electron chi connectivity index (χ0n) is 11.9. The van der Waals surface area contributed by atoms with Crippen molar-refractivity contribution in [1.29, 1.82) is 0 Å². The van der Waals surface area contributed by atoms with Gasteiger partial charge in [-0.1, -0.05) is 12.1 Å². The van der Waals surface area contributed by atoms with Crippen LogP contribution in [0.15, 0.2) is 29.2 Å². The first-order valence-corrected chi connectivity index (χ1v) is 7.85. The highest BCUT2D eigenvalue weighted by Gasteiger charge is 2.47. The lowest BCUT2D eigenvalue weighted by Crippen LogP contribution is -2.68. The van der Waals surface area contributed by atoms with Crippen LogP contribution in [0.1, 0.15) is 13.8 Å². The molecule has 2 rings (SSSR count). The molecule has 0 N–H and O–H groups in total. The molecule has 1 fully saturated rings. The summed E-state index contributed by atoms with van der Waals surface area (Å²) in [7, 11) is 0. The lowest BCUT2D eigenvalue weighted by Gasteiger charge is -2.49. The van der Waals surface area contributed by atoms with Gasteiger partial charge in [0.25, 0.3) is 0 Å². The van der Waals surface area contributed by atoms with Gasteiger partial charge < -0.3 is 4.74 Å². The van der Waals surface area contributed by atoms with Gasteiger partial charge in [0.1, 0.15) is 18.8 Å². The van der Waals surface area contributed by atoms with E-state index in [0.717, 1.165) is 19.4 Å². The van der Waals surface area contributed by atoms with Crippen molar-refractivity contribution in [3.05, 3.63) is 24.3 Å². The summed E-state index contributed by atoms with van der Waals surface area (Å²) in [5.74, 6) is 0. The molecule has 0 amide bonds. The lowest BCUT2D eigenvalue weighted by molar-refractivity contribution is -0.119. The van der Waals surface area contributed by atoms with E-state index in [1.807, 2.05) is 13.8 Å².